The van der Waals surface area contributed by atoms with Crippen molar-refractivity contribution in [1.29, 1.82) is 0 Å². The molecule has 2 aliphatic heterocycles. The van der Waals surface area contributed by atoms with Crippen LogP contribution in [0, 0.1) is 0 Å². The standard InChI is InChI=1S/C20H22N2O4S/c23-19-17-8-4-5-9-18(17)26-20(15-21-19)10-12-22(13-11-20)27(24,25)14-16-6-2-1-3-7-16/h1-9H,10-15H2,(H,21,23). The van der Waals surface area contributed by atoms with Gasteiger partial charge >= 0.3 is 0 Å². The molecule has 0 saturated carbocycles. The van der Waals surface area contributed by atoms with Gasteiger partial charge in [0.05, 0.1) is 17.9 Å². The number of nitrogens with zero attached hydrogens (tertiary/aromatic N) is 1. The molecule has 27 heavy (non-hydrogen) atoms. The minimum atomic E-state index is -3.38. The number of fused-ring (bicyclic) bond motifs is 1. The van der Waals surface area contributed by atoms with Crippen molar-refractivity contribution in [2.24, 2.45) is 0 Å². The van der Waals surface area contributed by atoms with E-state index < -0.39 is 15.6 Å². The average molecular weight is 386 g/mol. The highest BCUT2D eigenvalue weighted by molar-refractivity contribution is 7.88. The molecule has 7 heteroatoms. The van der Waals surface area contributed by atoms with E-state index in [-0.39, 0.29) is 11.7 Å². The Balaban J connectivity index is 1.48. The third-order valence-corrected chi connectivity index (χ3v) is 7.10. The highest BCUT2D eigenvalue weighted by atomic mass is 32.2. The van der Waals surface area contributed by atoms with Gasteiger partial charge in [-0.3, -0.25) is 4.79 Å². The van der Waals surface area contributed by atoms with E-state index in [2.05, 4.69) is 5.32 Å². The molecule has 1 N–H and O–H groups in total. The Labute approximate surface area is 159 Å². The van der Waals surface area contributed by atoms with Crippen LogP contribution in [0.1, 0.15) is 28.8 Å². The number of piperidine rings is 1. The first-order valence-corrected chi connectivity index (χ1v) is 10.7. The zero-order valence-electron chi connectivity index (χ0n) is 14.9. The lowest BCUT2D eigenvalue weighted by atomic mass is 9.92. The van der Waals surface area contributed by atoms with Gasteiger partial charge in [0.25, 0.3) is 5.91 Å². The van der Waals surface area contributed by atoms with Gasteiger partial charge in [0, 0.05) is 25.9 Å². The van der Waals surface area contributed by atoms with Crippen molar-refractivity contribution >= 4 is 15.9 Å². The number of nitrogens with one attached hydrogen (secondary N) is 1. The predicted octanol–water partition coefficient (Wildman–Crippen LogP) is 2.17. The molecule has 0 aliphatic carbocycles. The molecule has 0 unspecified atom stereocenters. The van der Waals surface area contributed by atoms with Gasteiger partial charge in [0.2, 0.25) is 10.0 Å². The maximum absolute atomic E-state index is 12.8. The zero-order chi connectivity index (χ0) is 18.9. The first-order chi connectivity index (χ1) is 13.0. The summed E-state index contributed by atoms with van der Waals surface area (Å²) in [4.78, 5) is 12.3. The van der Waals surface area contributed by atoms with Gasteiger partial charge in [-0.2, -0.15) is 0 Å². The topological polar surface area (TPSA) is 75.7 Å². The summed E-state index contributed by atoms with van der Waals surface area (Å²) >= 11 is 0. The van der Waals surface area contributed by atoms with Crippen molar-refractivity contribution in [3.8, 4) is 5.75 Å². The summed E-state index contributed by atoms with van der Waals surface area (Å²) in [5.41, 5.74) is 0.735. The average Bonchev–Trinajstić information content (AvgIpc) is 2.80. The Hall–Kier alpha value is -2.38. The Kier molecular flexibility index (Phi) is 4.65. The van der Waals surface area contributed by atoms with Gasteiger partial charge in [0.1, 0.15) is 11.4 Å². The van der Waals surface area contributed by atoms with E-state index >= 15 is 0 Å². The number of hydrogen-bond acceptors (Lipinski definition) is 4. The van der Waals surface area contributed by atoms with Crippen molar-refractivity contribution in [1.82, 2.24) is 9.62 Å². The van der Waals surface area contributed by atoms with E-state index in [1.54, 1.807) is 18.2 Å². The summed E-state index contributed by atoms with van der Waals surface area (Å²) in [6, 6.07) is 16.4. The number of rotatable bonds is 3. The van der Waals surface area contributed by atoms with E-state index in [4.69, 9.17) is 4.74 Å². The molecule has 1 spiro atoms. The number of para-hydroxylation sites is 1. The summed E-state index contributed by atoms with van der Waals surface area (Å²) < 4.78 is 33.3. The summed E-state index contributed by atoms with van der Waals surface area (Å²) in [6.45, 7) is 1.15. The number of amides is 1. The molecule has 2 heterocycles. The molecule has 0 radical (unpaired) electrons. The summed E-state index contributed by atoms with van der Waals surface area (Å²) in [7, 11) is -3.38. The molecule has 142 valence electrons. The fraction of sp³-hybridized carbons (Fsp3) is 0.350. The minimum absolute atomic E-state index is 0.00126. The van der Waals surface area contributed by atoms with Crippen LogP contribution < -0.4 is 10.1 Å². The van der Waals surface area contributed by atoms with Gasteiger partial charge in [-0.1, -0.05) is 42.5 Å². The van der Waals surface area contributed by atoms with Crippen LogP contribution in [0.15, 0.2) is 54.6 Å². The molecule has 0 aromatic heterocycles. The van der Waals surface area contributed by atoms with Crippen molar-refractivity contribution in [2.45, 2.75) is 24.2 Å². The molecule has 1 saturated heterocycles. The smallest absolute Gasteiger partial charge is 0.255 e. The molecule has 0 atom stereocenters. The van der Waals surface area contributed by atoms with Gasteiger partial charge < -0.3 is 10.1 Å². The van der Waals surface area contributed by atoms with E-state index in [1.165, 1.54) is 4.31 Å². The van der Waals surface area contributed by atoms with E-state index in [1.807, 2.05) is 36.4 Å². The lowest BCUT2D eigenvalue weighted by molar-refractivity contribution is 0.0246. The van der Waals surface area contributed by atoms with Gasteiger partial charge in [-0.15, -0.1) is 0 Å². The van der Waals surface area contributed by atoms with Crippen LogP contribution in [-0.2, 0) is 15.8 Å². The highest BCUT2D eigenvalue weighted by Crippen LogP contribution is 2.33. The molecule has 2 aromatic carbocycles. The highest BCUT2D eigenvalue weighted by Gasteiger charge is 2.42. The molecule has 2 aliphatic rings. The Morgan fingerprint density at radius 3 is 2.41 bits per heavy atom. The monoisotopic (exact) mass is 386 g/mol. The number of sulfonamides is 1. The van der Waals surface area contributed by atoms with Crippen LogP contribution in [0.2, 0.25) is 0 Å². The lowest BCUT2D eigenvalue weighted by Crippen LogP contribution is -2.54. The molecule has 1 amide bonds. The molecule has 4 rings (SSSR count). The SMILES string of the molecule is O=C1NCC2(CCN(S(=O)(=O)Cc3ccccc3)CC2)Oc2ccccc21. The van der Waals surface area contributed by atoms with Crippen LogP contribution >= 0.6 is 0 Å². The van der Waals surface area contributed by atoms with Crippen molar-refractivity contribution < 1.29 is 17.9 Å². The first-order valence-electron chi connectivity index (χ1n) is 9.06. The number of ether oxygens (including phenoxy) is 1. The number of carbonyl (C=O) groups excluding carboxylic acids is 1. The summed E-state index contributed by atoms with van der Waals surface area (Å²) in [5, 5.41) is 2.92. The molecule has 1 fully saturated rings. The van der Waals surface area contributed by atoms with Gasteiger partial charge in [0.15, 0.2) is 0 Å². The Bertz CT molecular complexity index is 935. The quantitative estimate of drug-likeness (QED) is 0.877. The molecular formula is C20H22N2O4S. The normalized spacial score (nSPS) is 19.6. The second-order valence-corrected chi connectivity index (χ2v) is 9.07. The second-order valence-electron chi connectivity index (χ2n) is 7.10. The fourth-order valence-electron chi connectivity index (χ4n) is 3.68. The third-order valence-electron chi connectivity index (χ3n) is 5.25. The Morgan fingerprint density at radius 1 is 1.00 bits per heavy atom. The molecule has 2 aromatic rings. The van der Waals surface area contributed by atoms with Crippen molar-refractivity contribution in [3.63, 3.8) is 0 Å². The third kappa shape index (κ3) is 3.70. The zero-order valence-corrected chi connectivity index (χ0v) is 15.7. The summed E-state index contributed by atoms with van der Waals surface area (Å²) in [6.07, 6.45) is 1.07. The first kappa shape index (κ1) is 18.0. The van der Waals surface area contributed by atoms with Crippen molar-refractivity contribution in [2.75, 3.05) is 19.6 Å². The largest absolute Gasteiger partial charge is 0.485 e. The van der Waals surface area contributed by atoms with Crippen LogP contribution in [-0.4, -0.2) is 43.9 Å². The fourth-order valence-corrected chi connectivity index (χ4v) is 5.21. The predicted molar refractivity (Wildman–Crippen MR) is 102 cm³/mol. The summed E-state index contributed by atoms with van der Waals surface area (Å²) in [5.74, 6) is 0.413. The van der Waals surface area contributed by atoms with Crippen LogP contribution in [0.4, 0.5) is 0 Å². The van der Waals surface area contributed by atoms with Crippen LogP contribution in [0.25, 0.3) is 0 Å². The maximum atomic E-state index is 12.8. The minimum Gasteiger partial charge on any atom is -0.485 e. The molecular weight excluding hydrogens is 364 g/mol. The number of hydrogen-bond donors (Lipinski definition) is 1. The second kappa shape index (κ2) is 6.98. The molecule has 6 nitrogen and oxygen atoms in total. The number of carbonyl (C=O) groups is 1. The van der Waals surface area contributed by atoms with Crippen molar-refractivity contribution in [3.05, 3.63) is 65.7 Å². The van der Waals surface area contributed by atoms with Crippen LogP contribution in [0.3, 0.4) is 0 Å². The molecule has 0 bridgehead atoms. The van der Waals surface area contributed by atoms with E-state index in [0.717, 1.165) is 5.56 Å². The maximum Gasteiger partial charge on any atom is 0.255 e. The van der Waals surface area contributed by atoms with Crippen LogP contribution in [0.5, 0.6) is 5.75 Å². The van der Waals surface area contributed by atoms with Gasteiger partial charge in [-0.05, 0) is 17.7 Å². The number of benzene rings is 2. The van der Waals surface area contributed by atoms with E-state index in [0.29, 0.717) is 43.8 Å². The lowest BCUT2D eigenvalue weighted by Gasteiger charge is -2.40. The van der Waals surface area contributed by atoms with Gasteiger partial charge in [-0.25, -0.2) is 12.7 Å². The Morgan fingerprint density at radius 2 is 1.67 bits per heavy atom. The van der Waals surface area contributed by atoms with E-state index in [9.17, 15) is 13.2 Å².